The number of benzene rings is 1. The lowest BCUT2D eigenvalue weighted by atomic mass is 10.3. The molecule has 20 heavy (non-hydrogen) atoms. The normalized spacial score (nSPS) is 11.3. The average Bonchev–Trinajstić information content (AvgIpc) is 2.82. The minimum absolute atomic E-state index is 0.0633. The molecule has 1 heterocycles. The van der Waals surface area contributed by atoms with Crippen LogP contribution in [0.4, 0.5) is 0 Å². The Morgan fingerprint density at radius 3 is 2.50 bits per heavy atom. The summed E-state index contributed by atoms with van der Waals surface area (Å²) in [5, 5.41) is 3.68. The fourth-order valence-electron chi connectivity index (χ4n) is 1.78. The topological polar surface area (TPSA) is 78.6 Å². The van der Waals surface area contributed by atoms with Gasteiger partial charge in [0.1, 0.15) is 22.1 Å². The quantitative estimate of drug-likeness (QED) is 0.839. The molecule has 0 fully saturated rings. The Balaban J connectivity index is 2.42. The molecule has 108 valence electrons. The van der Waals surface area contributed by atoms with Crippen LogP contribution >= 0.6 is 0 Å². The Hall–Kier alpha value is -2.02. The summed E-state index contributed by atoms with van der Waals surface area (Å²) in [5.74, 6) is 0.713. The van der Waals surface area contributed by atoms with E-state index < -0.39 is 9.84 Å². The zero-order chi connectivity index (χ0) is 14.8. The molecule has 1 aromatic carbocycles. The number of hydrogen-bond acceptors (Lipinski definition) is 6. The second kappa shape index (κ2) is 5.54. The second-order valence-electron chi connectivity index (χ2n) is 4.21. The SMILES string of the molecule is COc1ccc(OC)c(S(=O)(=O)Cc2cc(C)no2)c1. The average molecular weight is 297 g/mol. The van der Waals surface area contributed by atoms with Crippen LogP contribution < -0.4 is 9.47 Å². The maximum Gasteiger partial charge on any atom is 0.189 e. The summed E-state index contributed by atoms with van der Waals surface area (Å²) in [5.41, 5.74) is 0.632. The van der Waals surface area contributed by atoms with Crippen LogP contribution in [0, 0.1) is 6.92 Å². The first-order valence-electron chi connectivity index (χ1n) is 5.83. The lowest BCUT2D eigenvalue weighted by Crippen LogP contribution is -2.06. The number of methoxy groups -OCH3 is 2. The van der Waals surface area contributed by atoms with Crippen molar-refractivity contribution in [1.82, 2.24) is 5.16 Å². The predicted molar refractivity (Wildman–Crippen MR) is 71.7 cm³/mol. The molecule has 2 rings (SSSR count). The molecular formula is C13H15NO5S. The first kappa shape index (κ1) is 14.4. The first-order valence-corrected chi connectivity index (χ1v) is 7.48. The standard InChI is InChI=1S/C13H15NO5S/c1-9-6-11(19-14-9)8-20(15,16)13-7-10(17-2)4-5-12(13)18-3/h4-7H,8H2,1-3H3. The highest BCUT2D eigenvalue weighted by Gasteiger charge is 2.23. The summed E-state index contributed by atoms with van der Waals surface area (Å²) < 4.78 is 40.0. The van der Waals surface area contributed by atoms with Gasteiger partial charge in [-0.15, -0.1) is 0 Å². The summed E-state index contributed by atoms with van der Waals surface area (Å²) in [6, 6.07) is 6.20. The van der Waals surface area contributed by atoms with Crippen molar-refractivity contribution in [3.05, 3.63) is 35.7 Å². The van der Waals surface area contributed by atoms with E-state index in [2.05, 4.69) is 5.16 Å². The fraction of sp³-hybridized carbons (Fsp3) is 0.308. The van der Waals surface area contributed by atoms with Crippen molar-refractivity contribution in [2.24, 2.45) is 0 Å². The molecule has 0 aliphatic rings. The predicted octanol–water partition coefficient (Wildman–Crippen LogP) is 1.97. The van der Waals surface area contributed by atoms with Gasteiger partial charge in [-0.2, -0.15) is 0 Å². The maximum atomic E-state index is 12.4. The molecule has 0 aliphatic carbocycles. The molecule has 0 amide bonds. The molecular weight excluding hydrogens is 282 g/mol. The highest BCUT2D eigenvalue weighted by atomic mass is 32.2. The van der Waals surface area contributed by atoms with Crippen molar-refractivity contribution >= 4 is 9.84 Å². The molecule has 0 radical (unpaired) electrons. The summed E-state index contributed by atoms with van der Waals surface area (Å²) in [6.07, 6.45) is 0. The van der Waals surface area contributed by atoms with Gasteiger partial charge in [0, 0.05) is 12.1 Å². The van der Waals surface area contributed by atoms with Gasteiger partial charge in [-0.25, -0.2) is 8.42 Å². The molecule has 0 bridgehead atoms. The van der Waals surface area contributed by atoms with E-state index in [-0.39, 0.29) is 22.2 Å². The third-order valence-electron chi connectivity index (χ3n) is 2.71. The van der Waals surface area contributed by atoms with E-state index in [1.165, 1.54) is 20.3 Å². The lowest BCUT2D eigenvalue weighted by Gasteiger charge is -2.10. The van der Waals surface area contributed by atoms with E-state index in [1.54, 1.807) is 25.1 Å². The van der Waals surface area contributed by atoms with E-state index in [1.807, 2.05) is 0 Å². The zero-order valence-corrected chi connectivity index (χ0v) is 12.2. The maximum absolute atomic E-state index is 12.4. The van der Waals surface area contributed by atoms with Gasteiger partial charge in [0.05, 0.1) is 19.9 Å². The van der Waals surface area contributed by atoms with Gasteiger partial charge in [-0.1, -0.05) is 5.16 Å². The van der Waals surface area contributed by atoms with Crippen LogP contribution in [0.5, 0.6) is 11.5 Å². The number of aromatic nitrogens is 1. The Bertz CT molecular complexity index is 705. The van der Waals surface area contributed by atoms with E-state index in [4.69, 9.17) is 14.0 Å². The lowest BCUT2D eigenvalue weighted by molar-refractivity contribution is 0.385. The summed E-state index contributed by atoms with van der Waals surface area (Å²) in [4.78, 5) is 0.0633. The number of rotatable bonds is 5. The van der Waals surface area contributed by atoms with Crippen molar-refractivity contribution < 1.29 is 22.4 Å². The summed E-state index contributed by atoms with van der Waals surface area (Å²) in [7, 11) is -0.728. The van der Waals surface area contributed by atoms with Crippen LogP contribution in [-0.2, 0) is 15.6 Å². The number of nitrogens with zero attached hydrogens (tertiary/aromatic N) is 1. The molecule has 0 atom stereocenters. The van der Waals surface area contributed by atoms with Crippen LogP contribution in [0.25, 0.3) is 0 Å². The molecule has 0 N–H and O–H groups in total. The molecule has 7 heteroatoms. The number of sulfone groups is 1. The van der Waals surface area contributed by atoms with Gasteiger partial charge < -0.3 is 14.0 Å². The molecule has 2 aromatic rings. The van der Waals surface area contributed by atoms with Gasteiger partial charge in [0.15, 0.2) is 15.6 Å². The molecule has 0 saturated carbocycles. The van der Waals surface area contributed by atoms with Gasteiger partial charge in [0.25, 0.3) is 0 Å². The van der Waals surface area contributed by atoms with E-state index in [0.717, 1.165) is 0 Å². The minimum atomic E-state index is -3.61. The van der Waals surface area contributed by atoms with Crippen LogP contribution in [0.1, 0.15) is 11.5 Å². The van der Waals surface area contributed by atoms with Gasteiger partial charge in [0.2, 0.25) is 0 Å². The van der Waals surface area contributed by atoms with E-state index in [9.17, 15) is 8.42 Å². The summed E-state index contributed by atoms with van der Waals surface area (Å²) >= 11 is 0. The smallest absolute Gasteiger partial charge is 0.189 e. The first-order chi connectivity index (χ1) is 9.46. The Kier molecular flexibility index (Phi) is 3.99. The molecule has 6 nitrogen and oxygen atoms in total. The van der Waals surface area contributed by atoms with Gasteiger partial charge in [-0.05, 0) is 19.1 Å². The molecule has 0 spiro atoms. The fourth-order valence-corrected chi connectivity index (χ4v) is 3.20. The van der Waals surface area contributed by atoms with Crippen molar-refractivity contribution in [3.8, 4) is 11.5 Å². The zero-order valence-electron chi connectivity index (χ0n) is 11.4. The van der Waals surface area contributed by atoms with Gasteiger partial charge >= 0.3 is 0 Å². The largest absolute Gasteiger partial charge is 0.497 e. The van der Waals surface area contributed by atoms with Crippen LogP contribution in [0.15, 0.2) is 33.7 Å². The molecule has 0 unspecified atom stereocenters. The number of aryl methyl sites for hydroxylation is 1. The highest BCUT2D eigenvalue weighted by molar-refractivity contribution is 7.90. The van der Waals surface area contributed by atoms with Crippen molar-refractivity contribution in [2.75, 3.05) is 14.2 Å². The minimum Gasteiger partial charge on any atom is -0.497 e. The molecule has 1 aromatic heterocycles. The molecule has 0 aliphatic heterocycles. The Morgan fingerprint density at radius 2 is 1.95 bits per heavy atom. The van der Waals surface area contributed by atoms with E-state index >= 15 is 0 Å². The number of hydrogen-bond donors (Lipinski definition) is 0. The Morgan fingerprint density at radius 1 is 1.20 bits per heavy atom. The van der Waals surface area contributed by atoms with Gasteiger partial charge in [-0.3, -0.25) is 0 Å². The number of ether oxygens (including phenoxy) is 2. The van der Waals surface area contributed by atoms with Crippen molar-refractivity contribution in [3.63, 3.8) is 0 Å². The van der Waals surface area contributed by atoms with Crippen LogP contribution in [0.2, 0.25) is 0 Å². The second-order valence-corrected chi connectivity index (χ2v) is 6.17. The molecule has 0 saturated heterocycles. The third kappa shape index (κ3) is 2.93. The van der Waals surface area contributed by atoms with Crippen molar-refractivity contribution in [2.45, 2.75) is 17.6 Å². The monoisotopic (exact) mass is 297 g/mol. The van der Waals surface area contributed by atoms with Crippen LogP contribution in [0.3, 0.4) is 0 Å². The summed E-state index contributed by atoms with van der Waals surface area (Å²) in [6.45, 7) is 1.73. The van der Waals surface area contributed by atoms with E-state index in [0.29, 0.717) is 11.4 Å². The highest BCUT2D eigenvalue weighted by Crippen LogP contribution is 2.30. The Labute approximate surface area is 117 Å². The van der Waals surface area contributed by atoms with Crippen molar-refractivity contribution in [1.29, 1.82) is 0 Å². The van der Waals surface area contributed by atoms with Crippen LogP contribution in [-0.4, -0.2) is 27.8 Å². The third-order valence-corrected chi connectivity index (χ3v) is 4.37.